The second-order valence-electron chi connectivity index (χ2n) is 7.67. The van der Waals surface area contributed by atoms with Gasteiger partial charge in [0.25, 0.3) is 5.91 Å². The maximum atomic E-state index is 13.3. The van der Waals surface area contributed by atoms with Crippen LogP contribution in [0.1, 0.15) is 18.1 Å². The summed E-state index contributed by atoms with van der Waals surface area (Å²) in [4.78, 5) is 16.6. The Morgan fingerprint density at radius 2 is 1.63 bits per heavy atom. The Morgan fingerprint density at radius 1 is 1.00 bits per heavy atom. The minimum atomic E-state index is -0.172. The van der Waals surface area contributed by atoms with Crippen molar-refractivity contribution in [2.24, 2.45) is 0 Å². The summed E-state index contributed by atoms with van der Waals surface area (Å²) in [6, 6.07) is 18.9. The average molecular weight is 731 g/mol. The standard InChI is InChI=1S/C26H21ClI2N2O3S/c1-3-33-20-10-8-19(9-11-20)31-25(32)23(30(2)26(31)35)14-17-12-21(28)24(22(29)13-17)34-15-16-4-6-18(27)7-5-16/h4-14H,3,15H2,1-2H3/b23-14-. The van der Waals surface area contributed by atoms with E-state index in [4.69, 9.17) is 33.3 Å². The number of benzene rings is 3. The van der Waals surface area contributed by atoms with E-state index < -0.39 is 0 Å². The lowest BCUT2D eigenvalue weighted by atomic mass is 10.1. The monoisotopic (exact) mass is 730 g/mol. The Kier molecular flexibility index (Phi) is 8.56. The predicted molar refractivity (Wildman–Crippen MR) is 161 cm³/mol. The van der Waals surface area contributed by atoms with Crippen LogP contribution in [-0.4, -0.2) is 29.6 Å². The molecule has 4 rings (SSSR count). The van der Waals surface area contributed by atoms with Crippen LogP contribution in [0.3, 0.4) is 0 Å². The SMILES string of the molecule is CCOc1ccc(N2C(=O)/C(=C/c3cc(I)c(OCc4ccc(Cl)cc4)c(I)c3)N(C)C2=S)cc1. The molecule has 0 radical (unpaired) electrons. The first-order valence-corrected chi connectivity index (χ1v) is 13.7. The van der Waals surface area contributed by atoms with Crippen molar-refractivity contribution < 1.29 is 14.3 Å². The molecule has 9 heteroatoms. The summed E-state index contributed by atoms with van der Waals surface area (Å²) < 4.78 is 13.5. The Bertz CT molecular complexity index is 1270. The maximum Gasteiger partial charge on any atom is 0.281 e. The topological polar surface area (TPSA) is 42.0 Å². The Labute approximate surface area is 242 Å². The van der Waals surface area contributed by atoms with Gasteiger partial charge in [-0.25, -0.2) is 0 Å². The molecule has 1 amide bonds. The molecular formula is C26H21ClI2N2O3S. The van der Waals surface area contributed by atoms with Crippen molar-refractivity contribution in [1.82, 2.24) is 4.90 Å². The van der Waals surface area contributed by atoms with E-state index in [1.807, 2.05) is 73.7 Å². The number of thiocarbonyl (C=S) groups is 1. The van der Waals surface area contributed by atoms with E-state index in [2.05, 4.69) is 45.2 Å². The normalized spacial score (nSPS) is 14.7. The molecule has 5 nitrogen and oxygen atoms in total. The summed E-state index contributed by atoms with van der Waals surface area (Å²) in [5.41, 5.74) is 3.14. The van der Waals surface area contributed by atoms with E-state index in [9.17, 15) is 4.79 Å². The first-order chi connectivity index (χ1) is 16.8. The van der Waals surface area contributed by atoms with Gasteiger partial charge in [0.1, 0.15) is 23.8 Å². The van der Waals surface area contributed by atoms with Crippen molar-refractivity contribution >= 4 is 91.8 Å². The van der Waals surface area contributed by atoms with Crippen LogP contribution >= 0.6 is 69.0 Å². The van der Waals surface area contributed by atoms with Crippen LogP contribution in [-0.2, 0) is 11.4 Å². The highest BCUT2D eigenvalue weighted by Crippen LogP contribution is 2.33. The van der Waals surface area contributed by atoms with E-state index >= 15 is 0 Å². The minimum absolute atomic E-state index is 0.172. The van der Waals surface area contributed by atoms with Gasteiger partial charge in [0.05, 0.1) is 19.4 Å². The van der Waals surface area contributed by atoms with Crippen LogP contribution in [0.15, 0.2) is 66.4 Å². The molecule has 0 aromatic heterocycles. The van der Waals surface area contributed by atoms with Crippen molar-refractivity contribution in [1.29, 1.82) is 0 Å². The highest BCUT2D eigenvalue weighted by Gasteiger charge is 2.36. The number of rotatable bonds is 7. The largest absolute Gasteiger partial charge is 0.494 e. The molecule has 3 aromatic carbocycles. The predicted octanol–water partition coefficient (Wildman–Crippen LogP) is 7.13. The molecule has 1 fully saturated rings. The zero-order valence-corrected chi connectivity index (χ0v) is 24.8. The van der Waals surface area contributed by atoms with Crippen molar-refractivity contribution in [3.63, 3.8) is 0 Å². The number of hydrogen-bond donors (Lipinski definition) is 0. The van der Waals surface area contributed by atoms with Crippen LogP contribution in [0.4, 0.5) is 5.69 Å². The molecule has 1 aliphatic heterocycles. The summed E-state index contributed by atoms with van der Waals surface area (Å²) in [5.74, 6) is 1.39. The molecule has 35 heavy (non-hydrogen) atoms. The number of carbonyl (C=O) groups excluding carboxylic acids is 1. The highest BCUT2D eigenvalue weighted by atomic mass is 127. The maximum absolute atomic E-state index is 13.3. The van der Waals surface area contributed by atoms with Gasteiger partial charge >= 0.3 is 0 Å². The third kappa shape index (κ3) is 5.92. The minimum Gasteiger partial charge on any atom is -0.494 e. The number of amides is 1. The Morgan fingerprint density at radius 3 is 2.23 bits per heavy atom. The molecule has 0 aliphatic carbocycles. The molecule has 180 valence electrons. The Hall–Kier alpha value is -1.89. The zero-order valence-electron chi connectivity index (χ0n) is 18.9. The van der Waals surface area contributed by atoms with E-state index in [1.54, 1.807) is 11.9 Å². The van der Waals surface area contributed by atoms with E-state index in [-0.39, 0.29) is 5.91 Å². The number of hydrogen-bond acceptors (Lipinski definition) is 4. The molecule has 1 aliphatic rings. The van der Waals surface area contributed by atoms with Gasteiger partial charge in [-0.05, 0) is 130 Å². The fourth-order valence-corrected chi connectivity index (χ4v) is 6.08. The molecule has 0 unspecified atom stereocenters. The van der Waals surface area contributed by atoms with Crippen LogP contribution in [0.25, 0.3) is 6.08 Å². The van der Waals surface area contributed by atoms with Crippen molar-refractivity contribution in [3.8, 4) is 11.5 Å². The number of anilines is 1. The van der Waals surface area contributed by atoms with Gasteiger partial charge in [0.15, 0.2) is 5.11 Å². The smallest absolute Gasteiger partial charge is 0.281 e. The number of ether oxygens (including phenoxy) is 2. The summed E-state index contributed by atoms with van der Waals surface area (Å²) >= 11 is 16.1. The molecular weight excluding hydrogens is 710 g/mol. The molecule has 3 aromatic rings. The quantitative estimate of drug-likeness (QED) is 0.147. The van der Waals surface area contributed by atoms with Crippen molar-refractivity contribution in [2.45, 2.75) is 13.5 Å². The summed E-state index contributed by atoms with van der Waals surface area (Å²) in [6.45, 7) is 2.95. The lowest BCUT2D eigenvalue weighted by molar-refractivity contribution is -0.114. The lowest BCUT2D eigenvalue weighted by Gasteiger charge is -2.16. The molecule has 0 spiro atoms. The van der Waals surface area contributed by atoms with Crippen LogP contribution < -0.4 is 14.4 Å². The summed E-state index contributed by atoms with van der Waals surface area (Å²) in [6.07, 6.45) is 1.86. The number of halogens is 3. The first-order valence-electron chi connectivity index (χ1n) is 10.7. The third-order valence-electron chi connectivity index (χ3n) is 5.29. The molecule has 0 N–H and O–H groups in total. The van der Waals surface area contributed by atoms with E-state index in [0.717, 1.165) is 29.8 Å². The molecule has 1 saturated heterocycles. The Balaban J connectivity index is 1.55. The molecule has 0 atom stereocenters. The highest BCUT2D eigenvalue weighted by molar-refractivity contribution is 14.1. The van der Waals surface area contributed by atoms with Crippen LogP contribution in [0.5, 0.6) is 11.5 Å². The summed E-state index contributed by atoms with van der Waals surface area (Å²) in [5, 5.41) is 1.13. The molecule has 0 bridgehead atoms. The fourth-order valence-electron chi connectivity index (χ4n) is 3.54. The van der Waals surface area contributed by atoms with Crippen LogP contribution in [0.2, 0.25) is 5.02 Å². The van der Waals surface area contributed by atoms with Gasteiger partial charge in [0, 0.05) is 12.1 Å². The van der Waals surface area contributed by atoms with Gasteiger partial charge in [0.2, 0.25) is 0 Å². The van der Waals surface area contributed by atoms with Gasteiger partial charge in [-0.15, -0.1) is 0 Å². The van der Waals surface area contributed by atoms with Gasteiger partial charge in [-0.1, -0.05) is 23.7 Å². The summed E-state index contributed by atoms with van der Waals surface area (Å²) in [7, 11) is 1.81. The number of likely N-dealkylation sites (N-methyl/N-ethyl adjacent to an activating group) is 1. The second kappa shape index (κ2) is 11.4. The number of carbonyl (C=O) groups is 1. The zero-order chi connectivity index (χ0) is 25.1. The van der Waals surface area contributed by atoms with Crippen molar-refractivity contribution in [3.05, 3.63) is 89.7 Å². The van der Waals surface area contributed by atoms with Crippen LogP contribution in [0, 0.1) is 7.14 Å². The van der Waals surface area contributed by atoms with Gasteiger partial charge < -0.3 is 14.4 Å². The first kappa shape index (κ1) is 26.2. The third-order valence-corrected chi connectivity index (χ3v) is 7.60. The molecule has 0 saturated carbocycles. The fraction of sp³-hybridized carbons (Fsp3) is 0.154. The lowest BCUT2D eigenvalue weighted by Crippen LogP contribution is -2.31. The second-order valence-corrected chi connectivity index (χ2v) is 10.8. The number of nitrogens with zero attached hydrogens (tertiary/aromatic N) is 2. The molecule has 1 heterocycles. The van der Waals surface area contributed by atoms with E-state index in [0.29, 0.717) is 34.7 Å². The van der Waals surface area contributed by atoms with Gasteiger partial charge in [-0.3, -0.25) is 9.69 Å². The van der Waals surface area contributed by atoms with Gasteiger partial charge in [-0.2, -0.15) is 0 Å². The van der Waals surface area contributed by atoms with E-state index in [1.165, 1.54) is 4.90 Å². The van der Waals surface area contributed by atoms with Crippen molar-refractivity contribution in [2.75, 3.05) is 18.6 Å². The average Bonchev–Trinajstić information content (AvgIpc) is 3.03.